The fraction of sp³-hybridized carbons (Fsp3) is 0.200. The number of hydrogen-bond donors (Lipinski definition) is 0. The van der Waals surface area contributed by atoms with Crippen LogP contribution >= 0.6 is 27.3 Å². The van der Waals surface area contributed by atoms with Crippen molar-refractivity contribution in [3.05, 3.63) is 61.7 Å². The predicted octanol–water partition coefficient (Wildman–Crippen LogP) is 3.97. The summed E-state index contributed by atoms with van der Waals surface area (Å²) in [6.07, 6.45) is 2.44. The normalized spacial score (nSPS) is 11.2. The lowest BCUT2D eigenvalue weighted by molar-refractivity contribution is 0.624. The number of thiophene rings is 1. The minimum absolute atomic E-state index is 0.0628. The molecule has 6 heteroatoms. The molecule has 0 N–H and O–H groups in total. The summed E-state index contributed by atoms with van der Waals surface area (Å²) < 4.78 is 15.3. The maximum absolute atomic E-state index is 13.1. The Kier molecular flexibility index (Phi) is 3.91. The zero-order chi connectivity index (χ0) is 15.0. The van der Waals surface area contributed by atoms with Gasteiger partial charge in [-0.25, -0.2) is 9.37 Å². The Balaban J connectivity index is 2.04. The Morgan fingerprint density at radius 1 is 1.38 bits per heavy atom. The molecule has 0 aliphatic heterocycles. The largest absolute Gasteiger partial charge is 0.294 e. The second kappa shape index (κ2) is 5.69. The number of nitrogens with zero attached hydrogens (tertiary/aromatic N) is 2. The van der Waals surface area contributed by atoms with Gasteiger partial charge >= 0.3 is 0 Å². The third-order valence-corrected chi connectivity index (χ3v) is 5.20. The quantitative estimate of drug-likeness (QED) is 0.702. The van der Waals surface area contributed by atoms with Crippen LogP contribution in [0.3, 0.4) is 0 Å². The number of rotatable bonds is 3. The van der Waals surface area contributed by atoms with Gasteiger partial charge in [-0.2, -0.15) is 0 Å². The highest BCUT2D eigenvalue weighted by atomic mass is 79.9. The first-order chi connectivity index (χ1) is 10.1. The lowest BCUT2D eigenvalue weighted by Crippen LogP contribution is -2.20. The number of benzene rings is 1. The van der Waals surface area contributed by atoms with E-state index < -0.39 is 0 Å². The zero-order valence-electron chi connectivity index (χ0n) is 11.3. The van der Waals surface area contributed by atoms with Crippen LogP contribution in [0.15, 0.2) is 39.9 Å². The van der Waals surface area contributed by atoms with Crippen molar-refractivity contribution in [1.82, 2.24) is 9.55 Å². The molecule has 3 rings (SSSR count). The second-order valence-electron chi connectivity index (χ2n) is 4.70. The van der Waals surface area contributed by atoms with Gasteiger partial charge in [-0.15, -0.1) is 11.3 Å². The van der Waals surface area contributed by atoms with Crippen LogP contribution in [-0.2, 0) is 13.0 Å². The summed E-state index contributed by atoms with van der Waals surface area (Å²) in [5.74, 6) is -0.308. The smallest absolute Gasteiger partial charge is 0.262 e. The molecule has 0 amide bonds. The monoisotopic (exact) mass is 366 g/mol. The summed E-state index contributed by atoms with van der Waals surface area (Å²) in [5.41, 5.74) is 0.776. The van der Waals surface area contributed by atoms with E-state index in [-0.39, 0.29) is 11.4 Å². The Bertz CT molecular complexity index is 872. The molecule has 2 heterocycles. The van der Waals surface area contributed by atoms with Crippen LogP contribution in [0, 0.1) is 5.82 Å². The van der Waals surface area contributed by atoms with Gasteiger partial charge in [0.25, 0.3) is 5.56 Å². The maximum atomic E-state index is 13.1. The van der Waals surface area contributed by atoms with Crippen LogP contribution in [0.1, 0.15) is 17.4 Å². The Labute approximate surface area is 133 Å². The molecule has 0 fully saturated rings. The number of fused-ring (bicyclic) bond motifs is 1. The van der Waals surface area contributed by atoms with E-state index in [1.807, 2.05) is 6.07 Å². The van der Waals surface area contributed by atoms with Gasteiger partial charge in [0.15, 0.2) is 0 Å². The molecular weight excluding hydrogens is 355 g/mol. The van der Waals surface area contributed by atoms with Crippen molar-refractivity contribution in [2.24, 2.45) is 0 Å². The minimum Gasteiger partial charge on any atom is -0.294 e. The number of aryl methyl sites for hydroxylation is 1. The average Bonchev–Trinajstić information content (AvgIpc) is 2.88. The minimum atomic E-state index is -0.308. The number of hydrogen-bond acceptors (Lipinski definition) is 3. The average molecular weight is 367 g/mol. The van der Waals surface area contributed by atoms with Gasteiger partial charge in [0.2, 0.25) is 0 Å². The molecule has 2 aromatic heterocycles. The molecule has 0 aliphatic carbocycles. The highest BCUT2D eigenvalue weighted by Crippen LogP contribution is 2.22. The summed E-state index contributed by atoms with van der Waals surface area (Å²) in [6, 6.07) is 6.36. The molecule has 0 saturated carbocycles. The molecule has 0 saturated heterocycles. The Hall–Kier alpha value is -1.53. The van der Waals surface area contributed by atoms with Crippen LogP contribution in [0.25, 0.3) is 10.2 Å². The van der Waals surface area contributed by atoms with Gasteiger partial charge in [0.1, 0.15) is 10.6 Å². The van der Waals surface area contributed by atoms with Crippen molar-refractivity contribution in [3.63, 3.8) is 0 Å². The van der Waals surface area contributed by atoms with Crippen LogP contribution in [-0.4, -0.2) is 9.55 Å². The standard InChI is InChI=1S/C15H12BrFN2OS/c1-2-11-6-12-14(21-11)18-8-19(15(12)20)7-9-3-4-10(17)5-13(9)16/h3-6,8H,2,7H2,1H3. The van der Waals surface area contributed by atoms with E-state index >= 15 is 0 Å². The number of aromatic nitrogens is 2. The highest BCUT2D eigenvalue weighted by Gasteiger charge is 2.10. The van der Waals surface area contributed by atoms with Crippen molar-refractivity contribution in [2.45, 2.75) is 19.9 Å². The molecule has 1 aromatic carbocycles. The van der Waals surface area contributed by atoms with Crippen molar-refractivity contribution >= 4 is 37.5 Å². The third kappa shape index (κ3) is 2.78. The van der Waals surface area contributed by atoms with Crippen LogP contribution in [0.2, 0.25) is 0 Å². The molecule has 108 valence electrons. The second-order valence-corrected chi connectivity index (χ2v) is 6.67. The van der Waals surface area contributed by atoms with E-state index in [0.29, 0.717) is 16.4 Å². The van der Waals surface area contributed by atoms with Gasteiger partial charge in [0, 0.05) is 9.35 Å². The van der Waals surface area contributed by atoms with E-state index in [1.54, 1.807) is 28.3 Å². The molecule has 0 unspecified atom stereocenters. The lowest BCUT2D eigenvalue weighted by atomic mass is 10.2. The molecule has 0 bridgehead atoms. The summed E-state index contributed by atoms with van der Waals surface area (Å²) in [7, 11) is 0. The van der Waals surface area contributed by atoms with Gasteiger partial charge in [0.05, 0.1) is 18.3 Å². The van der Waals surface area contributed by atoms with Crippen molar-refractivity contribution in [3.8, 4) is 0 Å². The van der Waals surface area contributed by atoms with E-state index in [2.05, 4.69) is 27.8 Å². The first-order valence-electron chi connectivity index (χ1n) is 6.50. The predicted molar refractivity (Wildman–Crippen MR) is 86.5 cm³/mol. The van der Waals surface area contributed by atoms with Crippen LogP contribution in [0.5, 0.6) is 0 Å². The first-order valence-corrected chi connectivity index (χ1v) is 8.11. The number of halogens is 2. The van der Waals surface area contributed by atoms with Gasteiger partial charge in [-0.3, -0.25) is 9.36 Å². The molecule has 0 radical (unpaired) electrons. The third-order valence-electron chi connectivity index (χ3n) is 3.27. The van der Waals surface area contributed by atoms with Crippen LogP contribution < -0.4 is 5.56 Å². The van der Waals surface area contributed by atoms with E-state index in [0.717, 1.165) is 21.7 Å². The molecular formula is C15H12BrFN2OS. The summed E-state index contributed by atoms with van der Waals surface area (Å²) in [6.45, 7) is 2.42. The van der Waals surface area contributed by atoms with Crippen LogP contribution in [0.4, 0.5) is 4.39 Å². The fourth-order valence-electron chi connectivity index (χ4n) is 2.13. The van der Waals surface area contributed by atoms with E-state index in [1.165, 1.54) is 12.1 Å². The molecule has 0 aliphatic rings. The first kappa shape index (κ1) is 14.4. The SMILES string of the molecule is CCc1cc2c(=O)n(Cc3ccc(F)cc3Br)cnc2s1. The molecule has 0 atom stereocenters. The summed E-state index contributed by atoms with van der Waals surface area (Å²) >= 11 is 4.87. The zero-order valence-corrected chi connectivity index (χ0v) is 13.7. The highest BCUT2D eigenvalue weighted by molar-refractivity contribution is 9.10. The maximum Gasteiger partial charge on any atom is 0.262 e. The topological polar surface area (TPSA) is 34.9 Å². The van der Waals surface area contributed by atoms with Gasteiger partial charge in [-0.05, 0) is 30.2 Å². The van der Waals surface area contributed by atoms with Crippen molar-refractivity contribution < 1.29 is 4.39 Å². The van der Waals surface area contributed by atoms with Gasteiger partial charge in [-0.1, -0.05) is 28.9 Å². The van der Waals surface area contributed by atoms with Crippen molar-refractivity contribution in [1.29, 1.82) is 0 Å². The molecule has 3 aromatic rings. The van der Waals surface area contributed by atoms with Crippen molar-refractivity contribution in [2.75, 3.05) is 0 Å². The molecule has 0 spiro atoms. The van der Waals surface area contributed by atoms with E-state index in [4.69, 9.17) is 0 Å². The molecule has 3 nitrogen and oxygen atoms in total. The summed E-state index contributed by atoms with van der Waals surface area (Å²) in [4.78, 5) is 18.7. The fourth-order valence-corrected chi connectivity index (χ4v) is 3.53. The van der Waals surface area contributed by atoms with E-state index in [9.17, 15) is 9.18 Å². The summed E-state index contributed by atoms with van der Waals surface area (Å²) in [5, 5.41) is 0.651. The lowest BCUT2D eigenvalue weighted by Gasteiger charge is -2.07. The Morgan fingerprint density at radius 3 is 2.90 bits per heavy atom. The van der Waals surface area contributed by atoms with Gasteiger partial charge < -0.3 is 0 Å². The molecule has 21 heavy (non-hydrogen) atoms. The Morgan fingerprint density at radius 2 is 2.19 bits per heavy atom.